The summed E-state index contributed by atoms with van der Waals surface area (Å²) in [5, 5.41) is 8.95. The molecule has 0 aliphatic carbocycles. The van der Waals surface area contributed by atoms with Crippen molar-refractivity contribution >= 4 is 31.9 Å². The van der Waals surface area contributed by atoms with E-state index in [1.807, 2.05) is 6.07 Å². The third-order valence-electron chi connectivity index (χ3n) is 2.18. The Balaban J connectivity index is 2.40. The van der Waals surface area contributed by atoms with Gasteiger partial charge in [-0.2, -0.15) is 5.26 Å². The van der Waals surface area contributed by atoms with Crippen LogP contribution < -0.4 is 4.74 Å². The first-order chi connectivity index (χ1) is 8.60. The van der Waals surface area contributed by atoms with Gasteiger partial charge in [0, 0.05) is 8.95 Å². The molecule has 0 bridgehead atoms. The highest BCUT2D eigenvalue weighted by atomic mass is 79.9. The van der Waals surface area contributed by atoms with Crippen LogP contribution in [-0.2, 0) is 0 Å². The Hall–Kier alpha value is -1.38. The van der Waals surface area contributed by atoms with Crippen molar-refractivity contribution in [2.45, 2.75) is 0 Å². The molecule has 2 rings (SSSR count). The molecule has 90 valence electrons. The minimum Gasteiger partial charge on any atom is -0.453 e. The molecule has 5 heteroatoms. The van der Waals surface area contributed by atoms with Crippen LogP contribution in [0.5, 0.6) is 11.5 Å². The van der Waals surface area contributed by atoms with Gasteiger partial charge in [-0.05, 0) is 36.4 Å². The summed E-state index contributed by atoms with van der Waals surface area (Å²) in [4.78, 5) is 0. The first kappa shape index (κ1) is 13.1. The van der Waals surface area contributed by atoms with E-state index in [0.717, 1.165) is 4.47 Å². The maximum absolute atomic E-state index is 13.6. The van der Waals surface area contributed by atoms with E-state index in [-0.39, 0.29) is 5.75 Å². The molecule has 2 aromatic carbocycles. The van der Waals surface area contributed by atoms with Crippen LogP contribution in [-0.4, -0.2) is 0 Å². The molecule has 0 spiro atoms. The predicted molar refractivity (Wildman–Crippen MR) is 73.0 cm³/mol. The zero-order chi connectivity index (χ0) is 13.1. The van der Waals surface area contributed by atoms with Crippen LogP contribution in [0.25, 0.3) is 0 Å². The Bertz CT molecular complexity index is 637. The Labute approximate surface area is 120 Å². The molecular weight excluding hydrogens is 365 g/mol. The van der Waals surface area contributed by atoms with Gasteiger partial charge in [0.1, 0.15) is 11.8 Å². The second-order valence-electron chi connectivity index (χ2n) is 3.43. The molecule has 2 nitrogen and oxygen atoms in total. The van der Waals surface area contributed by atoms with Gasteiger partial charge < -0.3 is 4.74 Å². The second kappa shape index (κ2) is 5.51. The standard InChI is InChI=1S/C13H6Br2FNO/c14-9-3-4-12(11(16)5-9)18-13-6-10(15)2-1-8(13)7-17/h1-6H. The van der Waals surface area contributed by atoms with E-state index in [0.29, 0.717) is 15.8 Å². The Morgan fingerprint density at radius 1 is 1.00 bits per heavy atom. The Morgan fingerprint density at radius 2 is 1.67 bits per heavy atom. The van der Waals surface area contributed by atoms with Crippen LogP contribution >= 0.6 is 31.9 Å². The fourth-order valence-electron chi connectivity index (χ4n) is 1.35. The molecule has 0 fully saturated rings. The van der Waals surface area contributed by atoms with Crippen LogP contribution in [0.3, 0.4) is 0 Å². The number of halogens is 3. The molecular formula is C13H6Br2FNO. The summed E-state index contributed by atoms with van der Waals surface area (Å²) >= 11 is 6.44. The van der Waals surface area contributed by atoms with Gasteiger partial charge in [0.15, 0.2) is 11.6 Å². The summed E-state index contributed by atoms with van der Waals surface area (Å²) in [5.74, 6) is -0.103. The molecule has 0 radical (unpaired) electrons. The summed E-state index contributed by atoms with van der Waals surface area (Å²) in [6.07, 6.45) is 0. The third kappa shape index (κ3) is 2.89. The second-order valence-corrected chi connectivity index (χ2v) is 5.26. The van der Waals surface area contributed by atoms with E-state index in [9.17, 15) is 4.39 Å². The SMILES string of the molecule is N#Cc1ccc(Br)cc1Oc1ccc(Br)cc1F. The maximum Gasteiger partial charge on any atom is 0.166 e. The zero-order valence-corrected chi connectivity index (χ0v) is 12.1. The van der Waals surface area contributed by atoms with E-state index in [1.165, 1.54) is 12.1 Å². The normalized spacial score (nSPS) is 9.89. The van der Waals surface area contributed by atoms with Gasteiger partial charge in [0.05, 0.1) is 5.56 Å². The smallest absolute Gasteiger partial charge is 0.166 e. The van der Waals surface area contributed by atoms with E-state index < -0.39 is 5.82 Å². The molecule has 0 unspecified atom stereocenters. The molecule has 0 saturated heterocycles. The van der Waals surface area contributed by atoms with Gasteiger partial charge in [-0.25, -0.2) is 4.39 Å². The molecule has 0 saturated carbocycles. The molecule has 0 aliphatic rings. The first-order valence-corrected chi connectivity index (χ1v) is 6.51. The minimum atomic E-state index is -0.492. The molecule has 0 amide bonds. The largest absolute Gasteiger partial charge is 0.453 e. The fraction of sp³-hybridized carbons (Fsp3) is 0. The van der Waals surface area contributed by atoms with Crippen LogP contribution in [0, 0.1) is 17.1 Å². The summed E-state index contributed by atoms with van der Waals surface area (Å²) < 4.78 is 20.4. The van der Waals surface area contributed by atoms with E-state index in [1.54, 1.807) is 24.3 Å². The number of benzene rings is 2. The quantitative estimate of drug-likeness (QED) is 0.743. The van der Waals surface area contributed by atoms with Gasteiger partial charge in [-0.15, -0.1) is 0 Å². The fourth-order valence-corrected chi connectivity index (χ4v) is 2.02. The number of nitriles is 1. The van der Waals surface area contributed by atoms with Crippen molar-refractivity contribution < 1.29 is 9.13 Å². The monoisotopic (exact) mass is 369 g/mol. The summed E-state index contributed by atoms with van der Waals surface area (Å²) in [7, 11) is 0. The summed E-state index contributed by atoms with van der Waals surface area (Å²) in [5.41, 5.74) is 0.348. The lowest BCUT2D eigenvalue weighted by Gasteiger charge is -2.08. The van der Waals surface area contributed by atoms with Crippen LogP contribution in [0.1, 0.15) is 5.56 Å². The van der Waals surface area contributed by atoms with Crippen molar-refractivity contribution in [3.63, 3.8) is 0 Å². The van der Waals surface area contributed by atoms with Crippen LogP contribution in [0.15, 0.2) is 45.3 Å². The molecule has 0 atom stereocenters. The van der Waals surface area contributed by atoms with E-state index in [2.05, 4.69) is 31.9 Å². The topological polar surface area (TPSA) is 33.0 Å². The number of hydrogen-bond donors (Lipinski definition) is 0. The molecule has 0 aliphatic heterocycles. The lowest BCUT2D eigenvalue weighted by atomic mass is 10.2. The van der Waals surface area contributed by atoms with Crippen molar-refractivity contribution in [3.05, 3.63) is 56.7 Å². The van der Waals surface area contributed by atoms with Gasteiger partial charge in [-0.3, -0.25) is 0 Å². The number of nitrogens with zero attached hydrogens (tertiary/aromatic N) is 1. The summed E-state index contributed by atoms with van der Waals surface area (Å²) in [6.45, 7) is 0. The summed E-state index contributed by atoms with van der Waals surface area (Å²) in [6, 6.07) is 11.4. The Kier molecular flexibility index (Phi) is 4.00. The average molecular weight is 371 g/mol. The highest BCUT2D eigenvalue weighted by Gasteiger charge is 2.09. The molecule has 0 N–H and O–H groups in total. The number of ether oxygens (including phenoxy) is 1. The van der Waals surface area contributed by atoms with Gasteiger partial charge >= 0.3 is 0 Å². The minimum absolute atomic E-state index is 0.0767. The lowest BCUT2D eigenvalue weighted by molar-refractivity contribution is 0.440. The number of hydrogen-bond acceptors (Lipinski definition) is 2. The van der Waals surface area contributed by atoms with Crippen molar-refractivity contribution in [2.24, 2.45) is 0 Å². The Morgan fingerprint density at radius 3 is 2.33 bits per heavy atom. The van der Waals surface area contributed by atoms with E-state index in [4.69, 9.17) is 10.00 Å². The first-order valence-electron chi connectivity index (χ1n) is 4.92. The van der Waals surface area contributed by atoms with Crippen molar-refractivity contribution in [1.82, 2.24) is 0 Å². The average Bonchev–Trinajstić information content (AvgIpc) is 2.33. The van der Waals surface area contributed by atoms with Crippen LogP contribution in [0.4, 0.5) is 4.39 Å². The van der Waals surface area contributed by atoms with Gasteiger partial charge in [0.2, 0.25) is 0 Å². The molecule has 0 aromatic heterocycles. The van der Waals surface area contributed by atoms with Crippen molar-refractivity contribution in [2.75, 3.05) is 0 Å². The highest BCUT2D eigenvalue weighted by Crippen LogP contribution is 2.30. The van der Waals surface area contributed by atoms with Gasteiger partial charge in [0.25, 0.3) is 0 Å². The van der Waals surface area contributed by atoms with Crippen LogP contribution in [0.2, 0.25) is 0 Å². The maximum atomic E-state index is 13.6. The molecule has 18 heavy (non-hydrogen) atoms. The van der Waals surface area contributed by atoms with E-state index >= 15 is 0 Å². The highest BCUT2D eigenvalue weighted by molar-refractivity contribution is 9.10. The van der Waals surface area contributed by atoms with Crippen molar-refractivity contribution in [3.8, 4) is 17.6 Å². The molecule has 2 aromatic rings. The number of rotatable bonds is 2. The lowest BCUT2D eigenvalue weighted by Crippen LogP contribution is -1.91. The van der Waals surface area contributed by atoms with Gasteiger partial charge in [-0.1, -0.05) is 31.9 Å². The van der Waals surface area contributed by atoms with Crippen molar-refractivity contribution in [1.29, 1.82) is 5.26 Å². The molecule has 0 heterocycles. The third-order valence-corrected chi connectivity index (χ3v) is 3.16. The predicted octanol–water partition coefficient (Wildman–Crippen LogP) is 5.01. The zero-order valence-electron chi connectivity index (χ0n) is 8.95.